The van der Waals surface area contributed by atoms with Crippen molar-refractivity contribution in [3.8, 4) is 0 Å². The first-order valence-corrected chi connectivity index (χ1v) is 7.07. The van der Waals surface area contributed by atoms with Crippen molar-refractivity contribution in [3.05, 3.63) is 40.9 Å². The Morgan fingerprint density at radius 1 is 1.43 bits per heavy atom. The molecule has 23 heavy (non-hydrogen) atoms. The second-order valence-corrected chi connectivity index (χ2v) is 5.64. The molecule has 1 aromatic heterocycles. The van der Waals surface area contributed by atoms with Gasteiger partial charge in [-0.1, -0.05) is 0 Å². The molecule has 1 N–H and O–H groups in total. The van der Waals surface area contributed by atoms with E-state index in [2.05, 4.69) is 10.4 Å². The summed E-state index contributed by atoms with van der Waals surface area (Å²) in [6.45, 7) is 5.09. The van der Waals surface area contributed by atoms with E-state index in [4.69, 9.17) is 16.5 Å². The summed E-state index contributed by atoms with van der Waals surface area (Å²) in [5, 5.41) is 0. The molecule has 9 heteroatoms. The van der Waals surface area contributed by atoms with E-state index in [0.29, 0.717) is 18.1 Å². The summed E-state index contributed by atoms with van der Waals surface area (Å²) in [4.78, 5) is 15.0. The van der Waals surface area contributed by atoms with Gasteiger partial charge in [0.15, 0.2) is 6.29 Å². The van der Waals surface area contributed by atoms with Crippen LogP contribution in [0.4, 0.5) is 13.2 Å². The lowest BCUT2D eigenvalue weighted by Gasteiger charge is -2.33. The minimum absolute atomic E-state index is 0.119. The number of carbonyl (C=O) groups is 1. The van der Waals surface area contributed by atoms with E-state index in [1.807, 2.05) is 0 Å². The van der Waals surface area contributed by atoms with Crippen molar-refractivity contribution in [1.29, 1.82) is 0 Å². The molecule has 0 radical (unpaired) electrons. The number of nitrogens with one attached hydrogen (secondary N) is 1. The zero-order chi connectivity index (χ0) is 17.4. The first kappa shape index (κ1) is 17.7. The smallest absolute Gasteiger partial charge is 0.347 e. The Labute approximate surface area is 136 Å². The molecule has 0 aliphatic carbocycles. The van der Waals surface area contributed by atoms with Crippen LogP contribution in [0.1, 0.15) is 32.0 Å². The Hall–Kier alpha value is -1.64. The Bertz CT molecular complexity index is 631. The number of alkyl halides is 3. The van der Waals surface area contributed by atoms with Crippen molar-refractivity contribution in [2.24, 2.45) is 0 Å². The molecular formula is C14H15ClF3N3O2. The lowest BCUT2D eigenvalue weighted by Crippen LogP contribution is -2.47. The number of pyridine rings is 1. The van der Waals surface area contributed by atoms with E-state index >= 15 is 0 Å². The minimum atomic E-state index is -4.49. The maximum absolute atomic E-state index is 12.7. The molecular weight excluding hydrogens is 335 g/mol. The number of nitrogens with zero attached hydrogens (tertiary/aromatic N) is 2. The normalized spacial score (nSPS) is 22.2. The number of hydrogen-bond acceptors (Lipinski definition) is 5. The van der Waals surface area contributed by atoms with E-state index in [-0.39, 0.29) is 17.5 Å². The molecule has 1 atom stereocenters. The van der Waals surface area contributed by atoms with Gasteiger partial charge in [-0.15, -0.1) is 0 Å². The van der Waals surface area contributed by atoms with Crippen LogP contribution < -0.4 is 5.43 Å². The zero-order valence-electron chi connectivity index (χ0n) is 12.6. The summed E-state index contributed by atoms with van der Waals surface area (Å²) in [6.07, 6.45) is -3.55. The fourth-order valence-corrected chi connectivity index (χ4v) is 2.58. The number of allylic oxidation sites excluding steroid dienone is 1. The first-order valence-electron chi connectivity index (χ1n) is 6.73. The third kappa shape index (κ3) is 3.19. The second kappa shape index (κ2) is 6.10. The molecule has 2 heterocycles. The largest absolute Gasteiger partial charge is 0.417 e. The molecule has 0 spiro atoms. The molecule has 1 unspecified atom stereocenters. The molecule has 5 nitrogen and oxygen atoms in total. The van der Waals surface area contributed by atoms with Crippen LogP contribution in [-0.4, -0.2) is 21.9 Å². The van der Waals surface area contributed by atoms with Crippen molar-refractivity contribution in [3.63, 3.8) is 0 Å². The van der Waals surface area contributed by atoms with Gasteiger partial charge in [0.25, 0.3) is 0 Å². The summed E-state index contributed by atoms with van der Waals surface area (Å²) in [6, 6.07) is 2.10. The maximum atomic E-state index is 12.7. The Morgan fingerprint density at radius 3 is 2.48 bits per heavy atom. The third-order valence-electron chi connectivity index (χ3n) is 3.36. The Balaban J connectivity index is 2.53. The fraction of sp³-hybridized carbons (Fsp3) is 0.429. The van der Waals surface area contributed by atoms with Gasteiger partial charge in [-0.3, -0.25) is 9.78 Å². The van der Waals surface area contributed by atoms with Crippen LogP contribution in [0.25, 0.3) is 0 Å². The van der Waals surface area contributed by atoms with Gasteiger partial charge in [0, 0.05) is 23.5 Å². The molecule has 0 saturated carbocycles. The summed E-state index contributed by atoms with van der Waals surface area (Å²) in [5.74, 6) is 0. The van der Waals surface area contributed by atoms with Crippen molar-refractivity contribution in [2.45, 2.75) is 38.8 Å². The predicted octanol–water partition coefficient (Wildman–Crippen LogP) is 3.13. The Morgan fingerprint density at radius 2 is 2.09 bits per heavy atom. The molecule has 126 valence electrons. The number of halogens is 4. The number of hydrogen-bond donors (Lipinski definition) is 1. The van der Waals surface area contributed by atoms with Gasteiger partial charge in [0.05, 0.1) is 17.4 Å². The highest BCUT2D eigenvalue weighted by Gasteiger charge is 2.47. The number of ether oxygens (including phenoxy) is 1. The minimum Gasteiger partial charge on any atom is -0.347 e. The maximum Gasteiger partial charge on any atom is 0.417 e. The van der Waals surface area contributed by atoms with E-state index in [9.17, 15) is 18.0 Å². The quantitative estimate of drug-likeness (QED) is 0.668. The number of rotatable bonds is 4. The molecule has 0 aromatic carbocycles. The lowest BCUT2D eigenvalue weighted by molar-refractivity contribution is -0.138. The molecule has 1 aromatic rings. The summed E-state index contributed by atoms with van der Waals surface area (Å²) < 4.78 is 44.8. The highest BCUT2D eigenvalue weighted by Crippen LogP contribution is 2.40. The van der Waals surface area contributed by atoms with Crippen LogP contribution in [0.5, 0.6) is 0 Å². The van der Waals surface area contributed by atoms with Crippen molar-refractivity contribution in [1.82, 2.24) is 14.9 Å². The number of hydrazine groups is 1. The summed E-state index contributed by atoms with van der Waals surface area (Å²) in [5.41, 5.74) is 1.16. The van der Waals surface area contributed by atoms with E-state index in [1.165, 1.54) is 6.07 Å². The lowest BCUT2D eigenvalue weighted by atomic mass is 9.99. The number of carbonyl (C=O) groups excluding carboxylic acids is 1. The first-order chi connectivity index (χ1) is 10.6. The van der Waals surface area contributed by atoms with Gasteiger partial charge >= 0.3 is 6.18 Å². The third-order valence-corrected chi connectivity index (χ3v) is 3.62. The topological polar surface area (TPSA) is 54.5 Å². The zero-order valence-corrected chi connectivity index (χ0v) is 13.4. The average Bonchev–Trinajstić information content (AvgIpc) is 2.69. The van der Waals surface area contributed by atoms with Crippen molar-refractivity contribution < 1.29 is 22.7 Å². The molecule has 0 fully saturated rings. The number of aromatic nitrogens is 1. The number of aldehydes is 1. The van der Waals surface area contributed by atoms with Crippen LogP contribution in [-0.2, 0) is 21.4 Å². The van der Waals surface area contributed by atoms with Crippen molar-refractivity contribution >= 4 is 18.1 Å². The van der Waals surface area contributed by atoms with Crippen LogP contribution in [0.2, 0.25) is 0 Å². The highest BCUT2D eigenvalue weighted by molar-refractivity contribution is 6.16. The molecule has 1 aliphatic rings. The molecule has 0 amide bonds. The van der Waals surface area contributed by atoms with Crippen LogP contribution in [0.3, 0.4) is 0 Å². The van der Waals surface area contributed by atoms with Gasteiger partial charge in [-0.2, -0.15) is 18.6 Å². The average molecular weight is 350 g/mol. The summed E-state index contributed by atoms with van der Waals surface area (Å²) >= 11 is 5.94. The van der Waals surface area contributed by atoms with Gasteiger partial charge < -0.3 is 4.74 Å². The molecule has 0 saturated heterocycles. The van der Waals surface area contributed by atoms with E-state index in [1.54, 1.807) is 20.8 Å². The van der Waals surface area contributed by atoms with E-state index < -0.39 is 17.5 Å². The van der Waals surface area contributed by atoms with E-state index in [0.717, 1.165) is 10.6 Å². The van der Waals surface area contributed by atoms with Gasteiger partial charge in [-0.05, 0) is 32.9 Å². The predicted molar refractivity (Wildman–Crippen MR) is 76.7 cm³/mol. The van der Waals surface area contributed by atoms with Crippen LogP contribution >= 0.6 is 11.8 Å². The van der Waals surface area contributed by atoms with Gasteiger partial charge in [-0.25, -0.2) is 4.53 Å². The monoisotopic (exact) mass is 349 g/mol. The standard InChI is InChI=1S/C14H15ClF3N3O2/c1-8(2)23-13(9(3)11(7-22)21(15)20-13)12-5-4-10(6-19-12)14(16,17)18/h4-8,20H,1-3H3. The SMILES string of the molecule is CC1=C(C=O)N(Cl)NC1(OC(C)C)c1ccc(C(F)(F)F)cn1. The highest BCUT2D eigenvalue weighted by atomic mass is 35.5. The molecule has 0 bridgehead atoms. The van der Waals surface area contributed by atoms with Gasteiger partial charge in [0.2, 0.25) is 5.72 Å². The second-order valence-electron chi connectivity index (χ2n) is 5.30. The summed E-state index contributed by atoms with van der Waals surface area (Å²) in [7, 11) is 0. The Kier molecular flexibility index (Phi) is 4.70. The van der Waals surface area contributed by atoms with Gasteiger partial charge in [0.1, 0.15) is 5.70 Å². The van der Waals surface area contributed by atoms with Crippen LogP contribution in [0.15, 0.2) is 29.6 Å². The molecule has 2 rings (SSSR count). The van der Waals surface area contributed by atoms with Crippen LogP contribution in [0, 0.1) is 0 Å². The molecule has 1 aliphatic heterocycles. The van der Waals surface area contributed by atoms with Crippen molar-refractivity contribution in [2.75, 3.05) is 0 Å². The fourth-order valence-electron chi connectivity index (χ4n) is 2.29.